The van der Waals surface area contributed by atoms with Crippen molar-refractivity contribution in [1.82, 2.24) is 14.9 Å². The highest BCUT2D eigenvalue weighted by molar-refractivity contribution is 5.79. The van der Waals surface area contributed by atoms with E-state index in [1.807, 2.05) is 32.0 Å². The van der Waals surface area contributed by atoms with Crippen LogP contribution in [-0.2, 0) is 4.79 Å². The van der Waals surface area contributed by atoms with Crippen LogP contribution < -0.4 is 9.80 Å². The zero-order valence-corrected chi connectivity index (χ0v) is 15.2. The maximum atomic E-state index is 12.7. The van der Waals surface area contributed by atoms with Gasteiger partial charge in [-0.25, -0.2) is 4.98 Å². The van der Waals surface area contributed by atoms with Crippen LogP contribution in [0.5, 0.6) is 0 Å². The van der Waals surface area contributed by atoms with Crippen molar-refractivity contribution in [3.63, 3.8) is 0 Å². The van der Waals surface area contributed by atoms with E-state index in [0.717, 1.165) is 56.5 Å². The Hall–Kier alpha value is -1.85. The minimum Gasteiger partial charge on any atom is -0.363 e. The highest BCUT2D eigenvalue weighted by atomic mass is 16.2. The van der Waals surface area contributed by atoms with Crippen molar-refractivity contribution in [2.45, 2.75) is 39.0 Å². The van der Waals surface area contributed by atoms with Crippen molar-refractivity contribution in [3.05, 3.63) is 11.8 Å². The van der Waals surface area contributed by atoms with E-state index in [-0.39, 0.29) is 5.92 Å². The maximum absolute atomic E-state index is 12.7. The first-order valence-electron chi connectivity index (χ1n) is 9.11. The summed E-state index contributed by atoms with van der Waals surface area (Å²) in [5, 5.41) is 0. The standard InChI is InChI=1S/C18H29N5O/c1-14-13-16(21(2)3)20-18(19-14)23-11-9-22(10-12-23)17(24)15-7-5-4-6-8-15/h13,15H,4-12H2,1-3H3. The molecule has 0 bridgehead atoms. The van der Waals surface area contributed by atoms with E-state index in [1.54, 1.807) is 0 Å². The number of carbonyl (C=O) groups is 1. The Kier molecular flexibility index (Phi) is 5.21. The molecule has 0 unspecified atom stereocenters. The van der Waals surface area contributed by atoms with Gasteiger partial charge < -0.3 is 14.7 Å². The van der Waals surface area contributed by atoms with E-state index in [9.17, 15) is 4.79 Å². The third kappa shape index (κ3) is 3.79. The number of piperazine rings is 1. The van der Waals surface area contributed by atoms with E-state index in [0.29, 0.717) is 5.91 Å². The van der Waals surface area contributed by atoms with Gasteiger partial charge in [-0.05, 0) is 19.8 Å². The predicted molar refractivity (Wildman–Crippen MR) is 96.5 cm³/mol. The van der Waals surface area contributed by atoms with Crippen molar-refractivity contribution < 1.29 is 4.79 Å². The molecule has 2 fully saturated rings. The molecule has 0 N–H and O–H groups in total. The number of aryl methyl sites for hydroxylation is 1. The van der Waals surface area contributed by atoms with Crippen LogP contribution in [0.4, 0.5) is 11.8 Å². The average Bonchev–Trinajstić information content (AvgIpc) is 2.61. The summed E-state index contributed by atoms with van der Waals surface area (Å²) in [5.74, 6) is 2.34. The largest absolute Gasteiger partial charge is 0.363 e. The molecule has 0 atom stereocenters. The molecule has 6 heteroatoms. The first-order chi connectivity index (χ1) is 11.5. The van der Waals surface area contributed by atoms with Crippen LogP contribution >= 0.6 is 0 Å². The summed E-state index contributed by atoms with van der Waals surface area (Å²) >= 11 is 0. The average molecular weight is 331 g/mol. The lowest BCUT2D eigenvalue weighted by atomic mass is 9.88. The van der Waals surface area contributed by atoms with E-state index in [2.05, 4.69) is 19.8 Å². The van der Waals surface area contributed by atoms with Gasteiger partial charge in [0.15, 0.2) is 0 Å². The zero-order chi connectivity index (χ0) is 17.1. The molecular formula is C18H29N5O. The molecule has 1 aliphatic carbocycles. The monoisotopic (exact) mass is 331 g/mol. The van der Waals surface area contributed by atoms with E-state index in [1.165, 1.54) is 19.3 Å². The van der Waals surface area contributed by atoms with Crippen molar-refractivity contribution in [2.24, 2.45) is 5.92 Å². The molecule has 6 nitrogen and oxygen atoms in total. The summed E-state index contributed by atoms with van der Waals surface area (Å²) in [7, 11) is 3.98. The van der Waals surface area contributed by atoms with Gasteiger partial charge >= 0.3 is 0 Å². The topological polar surface area (TPSA) is 52.6 Å². The smallest absolute Gasteiger partial charge is 0.227 e. The molecule has 2 aliphatic rings. The Morgan fingerprint density at radius 1 is 1.08 bits per heavy atom. The van der Waals surface area contributed by atoms with E-state index < -0.39 is 0 Å². The van der Waals surface area contributed by atoms with Crippen molar-refractivity contribution >= 4 is 17.7 Å². The molecule has 1 amide bonds. The minimum atomic E-state index is 0.265. The molecule has 24 heavy (non-hydrogen) atoms. The summed E-state index contributed by atoms with van der Waals surface area (Å²) in [5.41, 5.74) is 0.976. The van der Waals surface area contributed by atoms with Crippen LogP contribution in [0.2, 0.25) is 0 Å². The van der Waals surface area contributed by atoms with Crippen molar-refractivity contribution in [2.75, 3.05) is 50.1 Å². The molecule has 1 aromatic heterocycles. The van der Waals surface area contributed by atoms with Gasteiger partial charge in [0.25, 0.3) is 0 Å². The number of anilines is 2. The molecule has 1 aliphatic heterocycles. The third-order valence-corrected chi connectivity index (χ3v) is 5.12. The predicted octanol–water partition coefficient (Wildman–Crippen LogP) is 2.08. The lowest BCUT2D eigenvalue weighted by molar-refractivity contribution is -0.136. The Morgan fingerprint density at radius 2 is 1.75 bits per heavy atom. The molecule has 1 saturated carbocycles. The fourth-order valence-electron chi connectivity index (χ4n) is 3.64. The van der Waals surface area contributed by atoms with Crippen LogP contribution in [0.15, 0.2) is 6.07 Å². The quantitative estimate of drug-likeness (QED) is 0.849. The number of aromatic nitrogens is 2. The number of carbonyl (C=O) groups excluding carboxylic acids is 1. The number of hydrogen-bond acceptors (Lipinski definition) is 5. The number of rotatable bonds is 3. The molecular weight excluding hydrogens is 302 g/mol. The highest BCUT2D eigenvalue weighted by Crippen LogP contribution is 2.26. The molecule has 0 radical (unpaired) electrons. The third-order valence-electron chi connectivity index (χ3n) is 5.12. The molecule has 0 spiro atoms. The second kappa shape index (κ2) is 7.36. The molecule has 0 aromatic carbocycles. The van der Waals surface area contributed by atoms with Crippen LogP contribution in [0.3, 0.4) is 0 Å². The summed E-state index contributed by atoms with van der Waals surface area (Å²) in [6.07, 6.45) is 5.86. The molecule has 1 saturated heterocycles. The van der Waals surface area contributed by atoms with Gasteiger partial charge in [-0.1, -0.05) is 19.3 Å². The molecule has 3 rings (SSSR count). The van der Waals surface area contributed by atoms with Gasteiger partial charge in [-0.15, -0.1) is 0 Å². The SMILES string of the molecule is Cc1cc(N(C)C)nc(N2CCN(C(=O)C3CCCCC3)CC2)n1. The Labute approximate surface area is 144 Å². The van der Waals surface area contributed by atoms with Crippen molar-refractivity contribution in [3.8, 4) is 0 Å². The van der Waals surface area contributed by atoms with Crippen LogP contribution in [0.25, 0.3) is 0 Å². The van der Waals surface area contributed by atoms with Gasteiger partial charge in [0.1, 0.15) is 5.82 Å². The summed E-state index contributed by atoms with van der Waals surface area (Å²) < 4.78 is 0. The highest BCUT2D eigenvalue weighted by Gasteiger charge is 2.29. The second-order valence-corrected chi connectivity index (χ2v) is 7.21. The first kappa shape index (κ1) is 17.0. The zero-order valence-electron chi connectivity index (χ0n) is 15.2. The van der Waals surface area contributed by atoms with Crippen molar-refractivity contribution in [1.29, 1.82) is 0 Å². The molecule has 1 aromatic rings. The second-order valence-electron chi connectivity index (χ2n) is 7.21. The number of nitrogens with zero attached hydrogens (tertiary/aromatic N) is 5. The van der Waals surface area contributed by atoms with Crippen LogP contribution in [0, 0.1) is 12.8 Å². The molecule has 132 valence electrons. The lowest BCUT2D eigenvalue weighted by Crippen LogP contribution is -2.51. The Morgan fingerprint density at radius 3 is 2.38 bits per heavy atom. The summed E-state index contributed by atoms with van der Waals surface area (Å²) in [6, 6.07) is 1.99. The number of hydrogen-bond donors (Lipinski definition) is 0. The fourth-order valence-corrected chi connectivity index (χ4v) is 3.64. The Bertz CT molecular complexity index is 575. The molecule has 2 heterocycles. The maximum Gasteiger partial charge on any atom is 0.227 e. The van der Waals surface area contributed by atoms with Gasteiger partial charge in [-0.3, -0.25) is 4.79 Å². The fraction of sp³-hybridized carbons (Fsp3) is 0.722. The number of amides is 1. The van der Waals surface area contributed by atoms with Gasteiger partial charge in [0.05, 0.1) is 0 Å². The van der Waals surface area contributed by atoms with Crippen LogP contribution in [0.1, 0.15) is 37.8 Å². The van der Waals surface area contributed by atoms with Gasteiger partial charge in [0, 0.05) is 58.0 Å². The Balaban J connectivity index is 1.61. The van der Waals surface area contributed by atoms with Crippen LogP contribution in [-0.4, -0.2) is 61.0 Å². The van der Waals surface area contributed by atoms with E-state index in [4.69, 9.17) is 0 Å². The first-order valence-corrected chi connectivity index (χ1v) is 9.11. The summed E-state index contributed by atoms with van der Waals surface area (Å²) in [4.78, 5) is 28.2. The minimum absolute atomic E-state index is 0.265. The van der Waals surface area contributed by atoms with E-state index >= 15 is 0 Å². The van der Waals surface area contributed by atoms with Gasteiger partial charge in [-0.2, -0.15) is 4.98 Å². The van der Waals surface area contributed by atoms with Gasteiger partial charge in [0.2, 0.25) is 11.9 Å². The normalized spacial score (nSPS) is 19.5. The summed E-state index contributed by atoms with van der Waals surface area (Å²) in [6.45, 7) is 5.19. The lowest BCUT2D eigenvalue weighted by Gasteiger charge is -2.37.